The molecule has 12 heavy (non-hydrogen) atoms. The van der Waals surface area contributed by atoms with Crippen molar-refractivity contribution < 1.29 is 9.90 Å². The van der Waals surface area contributed by atoms with Gasteiger partial charge in [0.2, 0.25) is 0 Å². The SMILES string of the molecule is CCC1(N)NC(CC(=O)O)=CS1. The molecule has 1 aliphatic rings. The van der Waals surface area contributed by atoms with Gasteiger partial charge in [0.05, 0.1) is 6.42 Å². The second-order valence-corrected chi connectivity index (χ2v) is 3.90. The Labute approximate surface area is 75.2 Å². The van der Waals surface area contributed by atoms with Crippen molar-refractivity contribution in [3.63, 3.8) is 0 Å². The lowest BCUT2D eigenvalue weighted by Crippen LogP contribution is -2.46. The summed E-state index contributed by atoms with van der Waals surface area (Å²) in [6, 6.07) is 0. The number of carbonyl (C=O) groups is 1. The third kappa shape index (κ3) is 2.15. The van der Waals surface area contributed by atoms with E-state index in [9.17, 15) is 4.79 Å². The summed E-state index contributed by atoms with van der Waals surface area (Å²) in [6.07, 6.45) is 0.781. The van der Waals surface area contributed by atoms with Crippen LogP contribution >= 0.6 is 11.8 Å². The van der Waals surface area contributed by atoms with Crippen LogP contribution in [0.3, 0.4) is 0 Å². The summed E-state index contributed by atoms with van der Waals surface area (Å²) in [7, 11) is 0. The summed E-state index contributed by atoms with van der Waals surface area (Å²) in [5, 5.41) is 13.2. The Balaban J connectivity index is 2.48. The highest BCUT2D eigenvalue weighted by Gasteiger charge is 2.28. The minimum atomic E-state index is -0.838. The van der Waals surface area contributed by atoms with E-state index in [1.807, 2.05) is 6.92 Å². The van der Waals surface area contributed by atoms with Gasteiger partial charge in [0.25, 0.3) is 0 Å². The minimum absolute atomic E-state index is 0.0198. The largest absolute Gasteiger partial charge is 0.481 e. The molecule has 4 N–H and O–H groups in total. The normalized spacial score (nSPS) is 28.0. The number of thioether (sulfide) groups is 1. The Kier molecular flexibility index (Phi) is 2.64. The van der Waals surface area contributed by atoms with Gasteiger partial charge in [-0.05, 0) is 11.8 Å². The highest BCUT2D eigenvalue weighted by atomic mass is 32.2. The molecule has 0 spiro atoms. The standard InChI is InChI=1S/C7H12N2O2S/c1-2-7(8)9-5(4-12-7)3-6(10)11/h4,9H,2-3,8H2,1H3,(H,10,11). The molecule has 0 aliphatic carbocycles. The molecule has 1 unspecified atom stereocenters. The van der Waals surface area contributed by atoms with Crippen molar-refractivity contribution in [2.24, 2.45) is 5.73 Å². The van der Waals surface area contributed by atoms with Gasteiger partial charge in [-0.1, -0.05) is 18.7 Å². The maximum absolute atomic E-state index is 10.3. The molecule has 0 aromatic rings. The molecule has 0 radical (unpaired) electrons. The lowest BCUT2D eigenvalue weighted by atomic mass is 10.3. The molecule has 5 heteroatoms. The van der Waals surface area contributed by atoms with Gasteiger partial charge >= 0.3 is 5.97 Å². The lowest BCUT2D eigenvalue weighted by Gasteiger charge is -2.22. The second-order valence-electron chi connectivity index (χ2n) is 2.70. The summed E-state index contributed by atoms with van der Waals surface area (Å²) < 4.78 is 0. The molecule has 1 aliphatic heterocycles. The fourth-order valence-electron chi connectivity index (χ4n) is 0.927. The molecule has 1 atom stereocenters. The van der Waals surface area contributed by atoms with Crippen LogP contribution in [0.5, 0.6) is 0 Å². The van der Waals surface area contributed by atoms with Crippen molar-refractivity contribution in [1.29, 1.82) is 0 Å². The molecule has 0 aromatic heterocycles. The van der Waals surface area contributed by atoms with Crippen LogP contribution in [-0.2, 0) is 4.79 Å². The van der Waals surface area contributed by atoms with E-state index in [0.29, 0.717) is 5.70 Å². The Bertz CT molecular complexity index is 229. The van der Waals surface area contributed by atoms with Crippen LogP contribution in [0.4, 0.5) is 0 Å². The molecular formula is C7H12N2O2S. The van der Waals surface area contributed by atoms with E-state index < -0.39 is 11.0 Å². The summed E-state index contributed by atoms with van der Waals surface area (Å²) in [5.41, 5.74) is 6.52. The first-order valence-corrected chi connectivity index (χ1v) is 4.59. The summed E-state index contributed by atoms with van der Waals surface area (Å²) >= 11 is 1.44. The Hall–Kier alpha value is -0.680. The molecule has 4 nitrogen and oxygen atoms in total. The number of hydrogen-bond donors (Lipinski definition) is 3. The maximum Gasteiger partial charge on any atom is 0.309 e. The van der Waals surface area contributed by atoms with Gasteiger partial charge in [-0.2, -0.15) is 0 Å². The first-order valence-electron chi connectivity index (χ1n) is 3.71. The van der Waals surface area contributed by atoms with E-state index in [1.165, 1.54) is 11.8 Å². The molecule has 0 saturated carbocycles. The number of hydrogen-bond acceptors (Lipinski definition) is 4. The Morgan fingerprint density at radius 1 is 1.92 bits per heavy atom. The first-order chi connectivity index (χ1) is 5.56. The van der Waals surface area contributed by atoms with E-state index >= 15 is 0 Å². The van der Waals surface area contributed by atoms with E-state index in [4.69, 9.17) is 10.8 Å². The van der Waals surface area contributed by atoms with Gasteiger partial charge in [0.15, 0.2) is 0 Å². The molecule has 0 fully saturated rings. The van der Waals surface area contributed by atoms with E-state index in [1.54, 1.807) is 5.41 Å². The summed E-state index contributed by atoms with van der Waals surface area (Å²) in [5.74, 6) is -0.838. The first kappa shape index (κ1) is 9.41. The second kappa shape index (κ2) is 3.37. The van der Waals surface area contributed by atoms with Crippen molar-refractivity contribution in [2.45, 2.75) is 24.8 Å². The molecule has 68 valence electrons. The zero-order valence-electron chi connectivity index (χ0n) is 6.83. The third-order valence-electron chi connectivity index (χ3n) is 1.65. The van der Waals surface area contributed by atoms with Gasteiger partial charge in [-0.25, -0.2) is 0 Å². The van der Waals surface area contributed by atoms with E-state index in [2.05, 4.69) is 5.32 Å². The van der Waals surface area contributed by atoms with Gasteiger partial charge in [0, 0.05) is 5.70 Å². The molecular weight excluding hydrogens is 176 g/mol. The molecule has 0 aromatic carbocycles. The Morgan fingerprint density at radius 2 is 2.58 bits per heavy atom. The third-order valence-corrected chi connectivity index (χ3v) is 2.86. The number of nitrogens with one attached hydrogen (secondary N) is 1. The maximum atomic E-state index is 10.3. The zero-order valence-corrected chi connectivity index (χ0v) is 7.65. The van der Waals surface area contributed by atoms with Crippen LogP contribution in [0.1, 0.15) is 19.8 Å². The van der Waals surface area contributed by atoms with Gasteiger partial charge < -0.3 is 10.4 Å². The van der Waals surface area contributed by atoms with Crippen molar-refractivity contribution >= 4 is 17.7 Å². The van der Waals surface area contributed by atoms with Crippen LogP contribution in [0.25, 0.3) is 0 Å². The zero-order chi connectivity index (χ0) is 9.19. The van der Waals surface area contributed by atoms with Crippen LogP contribution in [0, 0.1) is 0 Å². The monoisotopic (exact) mass is 188 g/mol. The average Bonchev–Trinajstić information content (AvgIpc) is 2.32. The fraction of sp³-hybridized carbons (Fsp3) is 0.571. The van der Waals surface area contributed by atoms with Crippen LogP contribution in [0.15, 0.2) is 11.1 Å². The summed E-state index contributed by atoms with van der Waals surface area (Å²) in [6.45, 7) is 1.96. The molecule has 1 heterocycles. The number of aliphatic carboxylic acids is 1. The van der Waals surface area contributed by atoms with Gasteiger partial charge in [0.1, 0.15) is 4.99 Å². The molecule has 1 rings (SSSR count). The smallest absolute Gasteiger partial charge is 0.309 e. The molecule has 0 amide bonds. The quantitative estimate of drug-likeness (QED) is 0.606. The van der Waals surface area contributed by atoms with Crippen LogP contribution in [-0.4, -0.2) is 16.1 Å². The number of rotatable bonds is 3. The average molecular weight is 188 g/mol. The molecule has 0 saturated heterocycles. The minimum Gasteiger partial charge on any atom is -0.481 e. The van der Waals surface area contributed by atoms with Crippen molar-refractivity contribution in [1.82, 2.24) is 5.32 Å². The highest BCUT2D eigenvalue weighted by molar-refractivity contribution is 8.03. The fourth-order valence-corrected chi connectivity index (χ4v) is 1.78. The van der Waals surface area contributed by atoms with Crippen LogP contribution < -0.4 is 11.1 Å². The summed E-state index contributed by atoms with van der Waals surface area (Å²) in [4.78, 5) is 9.83. The van der Waals surface area contributed by atoms with Crippen molar-refractivity contribution in [3.05, 3.63) is 11.1 Å². The van der Waals surface area contributed by atoms with Gasteiger partial charge in [-0.3, -0.25) is 10.5 Å². The van der Waals surface area contributed by atoms with E-state index in [0.717, 1.165) is 6.42 Å². The van der Waals surface area contributed by atoms with Crippen LogP contribution in [0.2, 0.25) is 0 Å². The Morgan fingerprint density at radius 3 is 3.00 bits per heavy atom. The topological polar surface area (TPSA) is 75.3 Å². The van der Waals surface area contributed by atoms with Crippen molar-refractivity contribution in [2.75, 3.05) is 0 Å². The van der Waals surface area contributed by atoms with E-state index in [-0.39, 0.29) is 6.42 Å². The number of carboxylic acid groups (broad SMARTS) is 1. The predicted octanol–water partition coefficient (Wildman–Crippen LogP) is 0.661. The number of nitrogens with two attached hydrogens (primary N) is 1. The predicted molar refractivity (Wildman–Crippen MR) is 48.3 cm³/mol. The lowest BCUT2D eigenvalue weighted by molar-refractivity contribution is -0.136. The molecule has 0 bridgehead atoms. The van der Waals surface area contributed by atoms with Gasteiger partial charge in [-0.15, -0.1) is 0 Å². The highest BCUT2D eigenvalue weighted by Crippen LogP contribution is 2.30. The number of carboxylic acids is 1. The van der Waals surface area contributed by atoms with Crippen molar-refractivity contribution in [3.8, 4) is 0 Å².